The first kappa shape index (κ1) is 20.8. The molecule has 6 nitrogen and oxygen atoms in total. The highest BCUT2D eigenvalue weighted by Crippen LogP contribution is 2.19. The van der Waals surface area contributed by atoms with Crippen molar-refractivity contribution in [3.05, 3.63) is 30.1 Å². The number of ether oxygens (including phenoxy) is 2. The van der Waals surface area contributed by atoms with Crippen LogP contribution in [-0.2, 0) is 24.1 Å². The molecule has 146 valence electrons. The SMILES string of the molecule is COCCOCC1CCN(C(=O)CCS(=O)(=O)c2ccc(F)cc2)CC1. The van der Waals surface area contributed by atoms with E-state index in [0.717, 1.165) is 25.0 Å². The van der Waals surface area contributed by atoms with E-state index in [1.807, 2.05) is 0 Å². The van der Waals surface area contributed by atoms with Gasteiger partial charge in [-0.2, -0.15) is 0 Å². The highest BCUT2D eigenvalue weighted by Gasteiger charge is 2.24. The number of sulfone groups is 1. The van der Waals surface area contributed by atoms with Crippen molar-refractivity contribution in [1.82, 2.24) is 4.90 Å². The Balaban J connectivity index is 1.74. The van der Waals surface area contributed by atoms with E-state index in [1.165, 1.54) is 12.1 Å². The van der Waals surface area contributed by atoms with E-state index in [-0.39, 0.29) is 23.0 Å². The molecule has 0 aliphatic carbocycles. The molecule has 1 fully saturated rings. The number of rotatable bonds is 9. The number of carbonyl (C=O) groups excluding carboxylic acids is 1. The van der Waals surface area contributed by atoms with Crippen molar-refractivity contribution in [2.75, 3.05) is 45.8 Å². The number of carbonyl (C=O) groups is 1. The van der Waals surface area contributed by atoms with Gasteiger partial charge in [-0.05, 0) is 43.0 Å². The second-order valence-corrected chi connectivity index (χ2v) is 8.52. The van der Waals surface area contributed by atoms with Gasteiger partial charge in [0.2, 0.25) is 5.91 Å². The van der Waals surface area contributed by atoms with Crippen molar-refractivity contribution in [1.29, 1.82) is 0 Å². The summed E-state index contributed by atoms with van der Waals surface area (Å²) in [6, 6.07) is 4.66. The van der Waals surface area contributed by atoms with Crippen LogP contribution in [0.25, 0.3) is 0 Å². The lowest BCUT2D eigenvalue weighted by Crippen LogP contribution is -2.40. The van der Waals surface area contributed by atoms with Crippen molar-refractivity contribution in [2.24, 2.45) is 5.92 Å². The molecule has 0 aromatic heterocycles. The molecule has 0 radical (unpaired) electrons. The van der Waals surface area contributed by atoms with Crippen molar-refractivity contribution < 1.29 is 27.1 Å². The summed E-state index contributed by atoms with van der Waals surface area (Å²) in [4.78, 5) is 14.0. The summed E-state index contributed by atoms with van der Waals surface area (Å²) in [6.45, 7) is 3.03. The molecular weight excluding hydrogens is 361 g/mol. The standard InChI is InChI=1S/C18H26FNO5S/c1-24-11-12-25-14-15-6-9-20(10-7-15)18(21)8-13-26(22,23)17-4-2-16(19)3-5-17/h2-5,15H,6-14H2,1H3. The zero-order valence-electron chi connectivity index (χ0n) is 15.0. The molecule has 2 rings (SSSR count). The maximum atomic E-state index is 12.9. The van der Waals surface area contributed by atoms with Crippen molar-refractivity contribution in [3.8, 4) is 0 Å². The van der Waals surface area contributed by atoms with Gasteiger partial charge in [-0.1, -0.05) is 0 Å². The van der Waals surface area contributed by atoms with E-state index >= 15 is 0 Å². The first-order valence-corrected chi connectivity index (χ1v) is 10.4. The second-order valence-electron chi connectivity index (χ2n) is 6.41. The third-order valence-electron chi connectivity index (χ3n) is 4.51. The third-order valence-corrected chi connectivity index (χ3v) is 6.24. The Morgan fingerprint density at radius 2 is 1.85 bits per heavy atom. The zero-order valence-corrected chi connectivity index (χ0v) is 15.8. The van der Waals surface area contributed by atoms with E-state index in [0.29, 0.717) is 38.8 Å². The van der Waals surface area contributed by atoms with Crippen LogP contribution < -0.4 is 0 Å². The third kappa shape index (κ3) is 6.34. The smallest absolute Gasteiger partial charge is 0.223 e. The molecular formula is C18H26FNO5S. The molecule has 26 heavy (non-hydrogen) atoms. The van der Waals surface area contributed by atoms with Crippen LogP contribution in [0, 0.1) is 11.7 Å². The largest absolute Gasteiger partial charge is 0.382 e. The fourth-order valence-electron chi connectivity index (χ4n) is 2.88. The van der Waals surface area contributed by atoms with Crippen molar-refractivity contribution in [2.45, 2.75) is 24.2 Å². The topological polar surface area (TPSA) is 72.9 Å². The molecule has 1 aliphatic rings. The average Bonchev–Trinajstić information content (AvgIpc) is 2.64. The van der Waals surface area contributed by atoms with E-state index in [9.17, 15) is 17.6 Å². The average molecular weight is 387 g/mol. The Hall–Kier alpha value is -1.51. The molecule has 0 bridgehead atoms. The normalized spacial score (nSPS) is 16.0. The van der Waals surface area contributed by atoms with Gasteiger partial charge in [0.25, 0.3) is 0 Å². The Bertz CT molecular complexity index is 669. The van der Waals surface area contributed by atoms with Crippen molar-refractivity contribution >= 4 is 15.7 Å². The molecule has 8 heteroatoms. The monoisotopic (exact) mass is 387 g/mol. The van der Waals surface area contributed by atoms with E-state index in [2.05, 4.69) is 0 Å². The summed E-state index contributed by atoms with van der Waals surface area (Å²) in [7, 11) is -1.96. The zero-order chi connectivity index (χ0) is 19.0. The van der Waals surface area contributed by atoms with Crippen LogP contribution >= 0.6 is 0 Å². The molecule has 0 atom stereocenters. The van der Waals surface area contributed by atoms with Gasteiger partial charge in [0, 0.05) is 33.2 Å². The first-order valence-electron chi connectivity index (χ1n) is 8.75. The maximum absolute atomic E-state index is 12.9. The Morgan fingerprint density at radius 1 is 1.19 bits per heavy atom. The molecule has 0 unspecified atom stereocenters. The van der Waals surface area contributed by atoms with Gasteiger partial charge in [-0.3, -0.25) is 4.79 Å². The molecule has 1 heterocycles. The first-order chi connectivity index (χ1) is 12.4. The number of hydrogen-bond acceptors (Lipinski definition) is 5. The molecule has 1 amide bonds. The van der Waals surface area contributed by atoms with Gasteiger partial charge < -0.3 is 14.4 Å². The van der Waals surface area contributed by atoms with E-state index in [4.69, 9.17) is 9.47 Å². The summed E-state index contributed by atoms with van der Waals surface area (Å²) in [5, 5.41) is 0. The minimum absolute atomic E-state index is 0.0404. The number of halogens is 1. The summed E-state index contributed by atoms with van der Waals surface area (Å²) >= 11 is 0. The minimum atomic E-state index is -3.59. The van der Waals surface area contributed by atoms with Gasteiger partial charge >= 0.3 is 0 Å². The van der Waals surface area contributed by atoms with Gasteiger partial charge in [-0.25, -0.2) is 12.8 Å². The minimum Gasteiger partial charge on any atom is -0.382 e. The second kappa shape index (κ2) is 9.99. The highest BCUT2D eigenvalue weighted by molar-refractivity contribution is 7.91. The van der Waals surface area contributed by atoms with Gasteiger partial charge in [0.05, 0.1) is 23.9 Å². The maximum Gasteiger partial charge on any atom is 0.223 e. The molecule has 1 aromatic rings. The fourth-order valence-corrected chi connectivity index (χ4v) is 4.11. The summed E-state index contributed by atoms with van der Waals surface area (Å²) in [6.07, 6.45) is 1.64. The van der Waals surface area contributed by atoms with Crippen LogP contribution in [0.5, 0.6) is 0 Å². The van der Waals surface area contributed by atoms with Gasteiger partial charge in [-0.15, -0.1) is 0 Å². The quantitative estimate of drug-likeness (QED) is 0.478. The summed E-state index contributed by atoms with van der Waals surface area (Å²) in [5.74, 6) is -0.500. The number of benzene rings is 1. The molecule has 0 saturated carbocycles. The van der Waals surface area contributed by atoms with Crippen LogP contribution in [0.3, 0.4) is 0 Å². The summed E-state index contributed by atoms with van der Waals surface area (Å²) in [5.41, 5.74) is 0. The van der Waals surface area contributed by atoms with Crippen LogP contribution in [0.4, 0.5) is 4.39 Å². The van der Waals surface area contributed by atoms with Crippen LogP contribution in [-0.4, -0.2) is 65.0 Å². The molecule has 0 N–H and O–H groups in total. The van der Waals surface area contributed by atoms with Crippen LogP contribution in [0.15, 0.2) is 29.2 Å². The Kier molecular flexibility index (Phi) is 7.99. The molecule has 1 aromatic carbocycles. The number of amides is 1. The predicted octanol–water partition coefficient (Wildman–Crippen LogP) is 1.89. The van der Waals surface area contributed by atoms with Crippen LogP contribution in [0.1, 0.15) is 19.3 Å². The van der Waals surface area contributed by atoms with E-state index < -0.39 is 15.7 Å². The van der Waals surface area contributed by atoms with Gasteiger partial charge in [0.1, 0.15) is 5.82 Å². The number of likely N-dealkylation sites (tertiary alicyclic amines) is 1. The summed E-state index contributed by atoms with van der Waals surface area (Å²) < 4.78 is 47.8. The fraction of sp³-hybridized carbons (Fsp3) is 0.611. The lowest BCUT2D eigenvalue weighted by molar-refractivity contribution is -0.132. The number of nitrogens with zero attached hydrogens (tertiary/aromatic N) is 1. The van der Waals surface area contributed by atoms with Crippen LogP contribution in [0.2, 0.25) is 0 Å². The van der Waals surface area contributed by atoms with Gasteiger partial charge in [0.15, 0.2) is 9.84 Å². The molecule has 1 saturated heterocycles. The molecule has 1 aliphatic heterocycles. The number of methoxy groups -OCH3 is 1. The lowest BCUT2D eigenvalue weighted by Gasteiger charge is -2.32. The highest BCUT2D eigenvalue weighted by atomic mass is 32.2. The number of hydrogen-bond donors (Lipinski definition) is 0. The van der Waals surface area contributed by atoms with Crippen molar-refractivity contribution in [3.63, 3.8) is 0 Å². The Morgan fingerprint density at radius 3 is 2.46 bits per heavy atom. The lowest BCUT2D eigenvalue weighted by atomic mass is 9.97. The Labute approximate surface area is 154 Å². The molecule has 0 spiro atoms. The predicted molar refractivity (Wildman–Crippen MR) is 95.1 cm³/mol. The number of piperidine rings is 1. The van der Waals surface area contributed by atoms with E-state index in [1.54, 1.807) is 12.0 Å².